The molecule has 0 atom stereocenters. The summed E-state index contributed by atoms with van der Waals surface area (Å²) in [5, 5.41) is 15.0. The van der Waals surface area contributed by atoms with Gasteiger partial charge in [-0.3, -0.25) is 14.6 Å². The van der Waals surface area contributed by atoms with E-state index in [9.17, 15) is 14.0 Å². The van der Waals surface area contributed by atoms with Crippen molar-refractivity contribution in [3.05, 3.63) is 101 Å². The highest BCUT2D eigenvalue weighted by Crippen LogP contribution is 2.31. The van der Waals surface area contributed by atoms with Crippen molar-refractivity contribution in [3.8, 4) is 5.75 Å². The summed E-state index contributed by atoms with van der Waals surface area (Å²) < 4.78 is 24.6. The summed E-state index contributed by atoms with van der Waals surface area (Å²) in [5.41, 5.74) is 2.73. The highest BCUT2D eigenvalue weighted by molar-refractivity contribution is 6.09. The van der Waals surface area contributed by atoms with Gasteiger partial charge in [0.25, 0.3) is 11.8 Å². The van der Waals surface area contributed by atoms with Crippen molar-refractivity contribution in [2.75, 3.05) is 33.4 Å². The average molecular weight is 547 g/mol. The maximum atomic E-state index is 13.4. The van der Waals surface area contributed by atoms with Gasteiger partial charge in [-0.2, -0.15) is 0 Å². The lowest BCUT2D eigenvalue weighted by Gasteiger charge is -2.17. The van der Waals surface area contributed by atoms with Gasteiger partial charge in [0.2, 0.25) is 0 Å². The van der Waals surface area contributed by atoms with Crippen molar-refractivity contribution in [1.29, 1.82) is 0 Å². The molecule has 2 aromatic carbocycles. The number of carbonyl (C=O) groups is 2. The molecule has 0 unspecified atom stereocenters. The molecule has 3 N–H and O–H groups in total. The molecule has 0 saturated heterocycles. The summed E-state index contributed by atoms with van der Waals surface area (Å²) in [7, 11) is 1.52. The average Bonchev–Trinajstić information content (AvgIpc) is 2.97. The Hall–Kier alpha value is -4.41. The predicted octanol–water partition coefficient (Wildman–Crippen LogP) is 3.43. The molecule has 10 heteroatoms. The van der Waals surface area contributed by atoms with Crippen LogP contribution in [0.2, 0.25) is 0 Å². The van der Waals surface area contributed by atoms with Crippen molar-refractivity contribution in [3.63, 3.8) is 0 Å². The number of benzene rings is 2. The van der Waals surface area contributed by atoms with Gasteiger partial charge in [0.1, 0.15) is 23.6 Å². The number of amides is 2. The fraction of sp³-hybridized carbons (Fsp3) is 0.267. The van der Waals surface area contributed by atoms with Crippen molar-refractivity contribution >= 4 is 22.7 Å². The minimum atomic E-state index is -0.538. The number of nitrogens with zero attached hydrogens (tertiary/aromatic N) is 2. The van der Waals surface area contributed by atoms with E-state index in [1.165, 1.54) is 19.2 Å². The molecule has 4 aromatic rings. The van der Waals surface area contributed by atoms with E-state index in [4.69, 9.17) is 14.6 Å². The summed E-state index contributed by atoms with van der Waals surface area (Å²) in [6.07, 6.45) is 2.44. The van der Waals surface area contributed by atoms with E-state index in [0.717, 1.165) is 16.7 Å². The molecule has 9 nitrogen and oxygen atoms in total. The third-order valence-electron chi connectivity index (χ3n) is 6.04. The van der Waals surface area contributed by atoms with Crippen LogP contribution in [0.25, 0.3) is 10.9 Å². The third-order valence-corrected chi connectivity index (χ3v) is 6.04. The number of nitrogens with one attached hydrogen (secondary N) is 2. The third kappa shape index (κ3) is 7.37. The number of hydrogen-bond donors (Lipinski definition) is 3. The number of aliphatic hydroxyl groups excluding tert-OH is 1. The first-order chi connectivity index (χ1) is 19.5. The normalized spacial score (nSPS) is 10.9. The van der Waals surface area contributed by atoms with E-state index in [2.05, 4.69) is 20.6 Å². The van der Waals surface area contributed by atoms with E-state index in [-0.39, 0.29) is 49.3 Å². The first-order valence-corrected chi connectivity index (χ1v) is 12.9. The Morgan fingerprint density at radius 2 is 1.65 bits per heavy atom. The number of hydrogen-bond acceptors (Lipinski definition) is 7. The van der Waals surface area contributed by atoms with Crippen molar-refractivity contribution in [1.82, 2.24) is 20.6 Å². The van der Waals surface area contributed by atoms with Gasteiger partial charge in [0, 0.05) is 38.4 Å². The van der Waals surface area contributed by atoms with Crippen LogP contribution in [0.1, 0.15) is 44.1 Å². The molecule has 0 aliphatic rings. The lowest BCUT2D eigenvalue weighted by molar-refractivity contribution is 0.0926. The second-order valence-corrected chi connectivity index (χ2v) is 9.04. The standard InChI is InChI=1S/C30H31FN4O5/c1-39-15-13-33-30(38)27-28(40-19-21-6-3-2-4-7-21)25-24(26(35-27)29(37)32-12-5-14-36)17-22(18-34-25)16-20-8-10-23(31)11-9-20/h2-4,6-11,17-18,36H,5,12-16,19H2,1H3,(H,32,37)(H,33,38). The number of aliphatic hydroxyl groups is 1. The minimum absolute atomic E-state index is 0.00495. The smallest absolute Gasteiger partial charge is 0.273 e. The minimum Gasteiger partial charge on any atom is -0.484 e. The molecule has 4 rings (SSSR count). The molecule has 0 bridgehead atoms. The Bertz CT molecular complexity index is 1450. The van der Waals surface area contributed by atoms with Crippen LogP contribution in [0, 0.1) is 5.82 Å². The number of rotatable bonds is 13. The predicted molar refractivity (Wildman–Crippen MR) is 148 cm³/mol. The molecule has 2 heterocycles. The van der Waals surface area contributed by atoms with Gasteiger partial charge in [-0.1, -0.05) is 42.5 Å². The molecule has 0 aliphatic carbocycles. The monoisotopic (exact) mass is 546 g/mol. The first kappa shape index (κ1) is 28.6. The number of pyridine rings is 2. The number of fused-ring (bicyclic) bond motifs is 1. The first-order valence-electron chi connectivity index (χ1n) is 12.9. The Balaban J connectivity index is 1.81. The molecule has 0 fully saturated rings. The second-order valence-electron chi connectivity index (χ2n) is 9.04. The Morgan fingerprint density at radius 1 is 0.925 bits per heavy atom. The molecule has 0 spiro atoms. The summed E-state index contributed by atoms with van der Waals surface area (Å²) in [4.78, 5) is 35.6. The topological polar surface area (TPSA) is 123 Å². The zero-order chi connectivity index (χ0) is 28.3. The molecule has 2 aromatic heterocycles. The lowest BCUT2D eigenvalue weighted by Crippen LogP contribution is -2.31. The molecule has 40 heavy (non-hydrogen) atoms. The summed E-state index contributed by atoms with van der Waals surface area (Å²) in [6.45, 7) is 0.811. The molecule has 208 valence electrons. The van der Waals surface area contributed by atoms with E-state index in [1.807, 2.05) is 30.3 Å². The zero-order valence-corrected chi connectivity index (χ0v) is 22.2. The van der Waals surface area contributed by atoms with Crippen molar-refractivity contribution in [2.24, 2.45) is 0 Å². The number of aromatic nitrogens is 2. The summed E-state index contributed by atoms with van der Waals surface area (Å²) >= 11 is 0. The maximum Gasteiger partial charge on any atom is 0.273 e. The van der Waals surface area contributed by atoms with Gasteiger partial charge in [-0.25, -0.2) is 9.37 Å². The van der Waals surface area contributed by atoms with Crippen LogP contribution in [0.5, 0.6) is 5.75 Å². The maximum absolute atomic E-state index is 13.4. The van der Waals surface area contributed by atoms with Crippen LogP contribution >= 0.6 is 0 Å². The fourth-order valence-corrected chi connectivity index (χ4v) is 4.05. The highest BCUT2D eigenvalue weighted by Gasteiger charge is 2.25. The summed E-state index contributed by atoms with van der Waals surface area (Å²) in [5.74, 6) is -1.24. The van der Waals surface area contributed by atoms with Crippen molar-refractivity contribution in [2.45, 2.75) is 19.4 Å². The van der Waals surface area contributed by atoms with E-state index in [0.29, 0.717) is 30.4 Å². The van der Waals surface area contributed by atoms with Gasteiger partial charge in [-0.15, -0.1) is 0 Å². The Kier molecular flexibility index (Phi) is 10.1. The largest absolute Gasteiger partial charge is 0.484 e. The molecule has 2 amide bonds. The molecular formula is C30H31FN4O5. The van der Waals surface area contributed by atoms with Crippen LogP contribution in [-0.2, 0) is 17.8 Å². The van der Waals surface area contributed by atoms with Gasteiger partial charge < -0.3 is 25.2 Å². The number of methoxy groups -OCH3 is 1. The molecular weight excluding hydrogens is 515 g/mol. The van der Waals surface area contributed by atoms with Crippen LogP contribution < -0.4 is 15.4 Å². The van der Waals surface area contributed by atoms with Crippen molar-refractivity contribution < 1.29 is 28.6 Å². The lowest BCUT2D eigenvalue weighted by atomic mass is 10.0. The van der Waals surface area contributed by atoms with Crippen LogP contribution in [0.4, 0.5) is 4.39 Å². The van der Waals surface area contributed by atoms with Crippen LogP contribution in [0.3, 0.4) is 0 Å². The van der Waals surface area contributed by atoms with E-state index < -0.39 is 11.8 Å². The Labute approximate surface area is 231 Å². The number of carbonyl (C=O) groups excluding carboxylic acids is 2. The summed E-state index contributed by atoms with van der Waals surface area (Å²) in [6, 6.07) is 17.4. The van der Waals surface area contributed by atoms with Crippen LogP contribution in [0.15, 0.2) is 66.9 Å². The SMILES string of the molecule is COCCNC(=O)c1nc(C(=O)NCCCO)c2cc(Cc3ccc(F)cc3)cnc2c1OCc1ccccc1. The number of halogens is 1. The van der Waals surface area contributed by atoms with E-state index >= 15 is 0 Å². The quantitative estimate of drug-likeness (QED) is 0.220. The number of ether oxygens (including phenoxy) is 2. The van der Waals surface area contributed by atoms with Gasteiger partial charge in [0.05, 0.1) is 6.61 Å². The van der Waals surface area contributed by atoms with Crippen LogP contribution in [-0.4, -0.2) is 60.3 Å². The molecule has 0 aliphatic heterocycles. The Morgan fingerprint density at radius 3 is 2.38 bits per heavy atom. The van der Waals surface area contributed by atoms with Gasteiger partial charge in [-0.05, 0) is 47.7 Å². The zero-order valence-electron chi connectivity index (χ0n) is 22.2. The van der Waals surface area contributed by atoms with E-state index in [1.54, 1.807) is 24.4 Å². The fourth-order valence-electron chi connectivity index (χ4n) is 4.05. The molecule has 0 radical (unpaired) electrons. The van der Waals surface area contributed by atoms with Gasteiger partial charge >= 0.3 is 0 Å². The van der Waals surface area contributed by atoms with Gasteiger partial charge in [0.15, 0.2) is 11.4 Å². The second kappa shape index (κ2) is 14.1. The molecule has 0 saturated carbocycles. The highest BCUT2D eigenvalue weighted by atomic mass is 19.1.